The molecule has 17 heavy (non-hydrogen) atoms. The van der Waals surface area contributed by atoms with E-state index in [0.29, 0.717) is 6.92 Å². The van der Waals surface area contributed by atoms with Crippen LogP contribution in [0, 0.1) is 5.92 Å². The minimum atomic E-state index is -4.91. The fraction of sp³-hybridized carbons (Fsp3) is 0.600. The topological polar surface area (TPSA) is 20.2 Å². The molecule has 0 bridgehead atoms. The summed E-state index contributed by atoms with van der Waals surface area (Å²) in [6.45, 7) is 3.62. The van der Waals surface area contributed by atoms with Crippen molar-refractivity contribution in [3.8, 4) is 0 Å². The zero-order valence-corrected chi connectivity index (χ0v) is 8.99. The minimum absolute atomic E-state index is 0.497. The largest absolute Gasteiger partial charge is 0.416 e. The quantitative estimate of drug-likeness (QED) is 0.587. The lowest BCUT2D eigenvalue weighted by atomic mass is 9.89. The van der Waals surface area contributed by atoms with Crippen LogP contribution >= 0.6 is 0 Å². The second kappa shape index (κ2) is 5.57. The molecule has 0 amide bonds. The summed E-state index contributed by atoms with van der Waals surface area (Å²) >= 11 is 0. The summed E-state index contributed by atoms with van der Waals surface area (Å²) in [5, 5.41) is 9.11. The normalized spacial score (nSPS) is 17.2. The van der Waals surface area contributed by atoms with Gasteiger partial charge in [-0.1, -0.05) is 6.08 Å². The molecule has 0 aromatic rings. The van der Waals surface area contributed by atoms with Gasteiger partial charge in [-0.2, -0.15) is 22.0 Å². The Bertz CT molecular complexity index is 300. The van der Waals surface area contributed by atoms with Gasteiger partial charge in [-0.3, -0.25) is 0 Å². The Balaban J connectivity index is 4.74. The molecule has 0 saturated carbocycles. The first kappa shape index (κ1) is 16.0. The van der Waals surface area contributed by atoms with Crippen molar-refractivity contribution < 1.29 is 31.4 Å². The number of hydrogen-bond acceptors (Lipinski definition) is 1. The third-order valence-corrected chi connectivity index (χ3v) is 2.25. The van der Waals surface area contributed by atoms with Crippen LogP contribution in [0.1, 0.15) is 19.8 Å². The Hall–Kier alpha value is -0.980. The SMILES string of the molecule is C=CC(CC(F)=C(F)F)CC(C)(O)C(F)(F)F. The van der Waals surface area contributed by atoms with E-state index in [-0.39, 0.29) is 0 Å². The van der Waals surface area contributed by atoms with Gasteiger partial charge in [0, 0.05) is 6.42 Å². The number of hydrogen-bond donors (Lipinski definition) is 1. The van der Waals surface area contributed by atoms with Gasteiger partial charge in [0.25, 0.3) is 0 Å². The average molecular weight is 262 g/mol. The molecule has 0 spiro atoms. The first-order chi connectivity index (χ1) is 7.51. The van der Waals surface area contributed by atoms with Crippen LogP contribution in [0.4, 0.5) is 26.3 Å². The monoisotopic (exact) mass is 262 g/mol. The summed E-state index contributed by atoms with van der Waals surface area (Å²) in [5.74, 6) is -3.03. The Labute approximate surface area is 94.4 Å². The number of allylic oxidation sites excluding steroid dienone is 2. The molecule has 7 heteroatoms. The van der Waals surface area contributed by atoms with E-state index in [0.717, 1.165) is 6.08 Å². The van der Waals surface area contributed by atoms with Crippen molar-refractivity contribution >= 4 is 0 Å². The van der Waals surface area contributed by atoms with Crippen LogP contribution in [-0.4, -0.2) is 16.9 Å². The second-order valence-electron chi connectivity index (χ2n) is 3.84. The third kappa shape index (κ3) is 4.80. The maximum absolute atomic E-state index is 12.6. The highest BCUT2D eigenvalue weighted by atomic mass is 19.4. The van der Waals surface area contributed by atoms with Crippen LogP contribution in [0.3, 0.4) is 0 Å². The highest BCUT2D eigenvalue weighted by Crippen LogP contribution is 2.37. The van der Waals surface area contributed by atoms with Crippen molar-refractivity contribution in [3.05, 3.63) is 24.6 Å². The number of halogens is 6. The predicted molar refractivity (Wildman–Crippen MR) is 49.9 cm³/mol. The van der Waals surface area contributed by atoms with E-state index in [4.69, 9.17) is 5.11 Å². The Morgan fingerprint density at radius 2 is 1.76 bits per heavy atom. The van der Waals surface area contributed by atoms with Crippen molar-refractivity contribution in [1.29, 1.82) is 0 Å². The fourth-order valence-corrected chi connectivity index (χ4v) is 1.17. The summed E-state index contributed by atoms with van der Waals surface area (Å²) < 4.78 is 73.0. The van der Waals surface area contributed by atoms with Crippen LogP contribution in [-0.2, 0) is 0 Å². The zero-order chi connectivity index (χ0) is 13.9. The first-order valence-corrected chi connectivity index (χ1v) is 4.62. The molecule has 0 rings (SSSR count). The molecular formula is C10H12F6O. The smallest absolute Gasteiger partial charge is 0.381 e. The highest BCUT2D eigenvalue weighted by Gasteiger charge is 2.50. The first-order valence-electron chi connectivity index (χ1n) is 4.62. The highest BCUT2D eigenvalue weighted by molar-refractivity contribution is 4.99. The molecule has 100 valence electrons. The van der Waals surface area contributed by atoms with E-state index in [2.05, 4.69) is 6.58 Å². The lowest BCUT2D eigenvalue weighted by Gasteiger charge is -2.29. The van der Waals surface area contributed by atoms with Gasteiger partial charge in [-0.05, 0) is 19.3 Å². The van der Waals surface area contributed by atoms with Gasteiger partial charge < -0.3 is 5.11 Å². The molecule has 0 aliphatic carbocycles. The van der Waals surface area contributed by atoms with Crippen molar-refractivity contribution in [3.63, 3.8) is 0 Å². The second-order valence-corrected chi connectivity index (χ2v) is 3.84. The van der Waals surface area contributed by atoms with Crippen LogP contribution in [0.2, 0.25) is 0 Å². The molecule has 2 unspecified atom stereocenters. The third-order valence-electron chi connectivity index (χ3n) is 2.25. The van der Waals surface area contributed by atoms with Crippen LogP contribution in [0.15, 0.2) is 24.6 Å². The van der Waals surface area contributed by atoms with E-state index >= 15 is 0 Å². The van der Waals surface area contributed by atoms with Crippen LogP contribution < -0.4 is 0 Å². The molecule has 2 atom stereocenters. The fourth-order valence-electron chi connectivity index (χ4n) is 1.17. The van der Waals surface area contributed by atoms with Gasteiger partial charge in [0.2, 0.25) is 0 Å². The molecular weight excluding hydrogens is 250 g/mol. The van der Waals surface area contributed by atoms with Gasteiger partial charge in [0.15, 0.2) is 11.4 Å². The van der Waals surface area contributed by atoms with Gasteiger partial charge in [-0.15, -0.1) is 6.58 Å². The molecule has 1 nitrogen and oxygen atoms in total. The maximum atomic E-state index is 12.6. The van der Waals surface area contributed by atoms with Gasteiger partial charge in [0.05, 0.1) is 0 Å². The molecule has 0 aliphatic heterocycles. The summed E-state index contributed by atoms with van der Waals surface area (Å²) in [5.41, 5.74) is -3.07. The molecule has 1 N–H and O–H groups in total. The number of aliphatic hydroxyl groups is 1. The van der Waals surface area contributed by atoms with E-state index in [9.17, 15) is 26.3 Å². The molecule has 0 heterocycles. The summed E-state index contributed by atoms with van der Waals surface area (Å²) in [6, 6.07) is 0. The van der Waals surface area contributed by atoms with Gasteiger partial charge in [0.1, 0.15) is 0 Å². The molecule has 0 fully saturated rings. The average Bonchev–Trinajstić information content (AvgIpc) is 2.14. The maximum Gasteiger partial charge on any atom is 0.416 e. The van der Waals surface area contributed by atoms with Crippen molar-refractivity contribution in [2.45, 2.75) is 31.5 Å². The van der Waals surface area contributed by atoms with Crippen LogP contribution in [0.5, 0.6) is 0 Å². The number of rotatable bonds is 5. The molecule has 0 saturated heterocycles. The van der Waals surface area contributed by atoms with E-state index < -0.39 is 42.4 Å². The van der Waals surface area contributed by atoms with E-state index in [1.165, 1.54) is 0 Å². The lowest BCUT2D eigenvalue weighted by molar-refractivity contribution is -0.257. The van der Waals surface area contributed by atoms with Crippen LogP contribution in [0.25, 0.3) is 0 Å². The van der Waals surface area contributed by atoms with Crippen molar-refractivity contribution in [1.82, 2.24) is 0 Å². The molecule has 0 aliphatic rings. The van der Waals surface area contributed by atoms with E-state index in [1.807, 2.05) is 0 Å². The summed E-state index contributed by atoms with van der Waals surface area (Å²) in [6.07, 6.45) is -8.44. The standard InChI is InChI=1S/C10H12F6O/c1-3-6(4-7(11)8(12)13)5-9(2,17)10(14,15)16/h3,6,17H,1,4-5H2,2H3. The molecule has 0 aromatic heterocycles. The van der Waals surface area contributed by atoms with Crippen molar-refractivity contribution in [2.75, 3.05) is 0 Å². The summed E-state index contributed by atoms with van der Waals surface area (Å²) in [7, 11) is 0. The van der Waals surface area contributed by atoms with Gasteiger partial charge in [-0.25, -0.2) is 4.39 Å². The van der Waals surface area contributed by atoms with E-state index in [1.54, 1.807) is 0 Å². The van der Waals surface area contributed by atoms with Crippen molar-refractivity contribution in [2.24, 2.45) is 5.92 Å². The molecule has 0 radical (unpaired) electrons. The molecule has 0 aromatic carbocycles. The Morgan fingerprint density at radius 1 is 1.29 bits per heavy atom. The Kier molecular flexibility index (Phi) is 5.25. The zero-order valence-electron chi connectivity index (χ0n) is 8.99. The Morgan fingerprint density at radius 3 is 2.06 bits per heavy atom. The van der Waals surface area contributed by atoms with Gasteiger partial charge >= 0.3 is 12.3 Å². The minimum Gasteiger partial charge on any atom is -0.381 e. The predicted octanol–water partition coefficient (Wildman–Crippen LogP) is 3.96. The summed E-state index contributed by atoms with van der Waals surface area (Å²) in [4.78, 5) is 0. The number of alkyl halides is 3. The lowest BCUT2D eigenvalue weighted by Crippen LogP contribution is -2.43.